The second-order valence-corrected chi connectivity index (χ2v) is 8.24. The van der Waals surface area contributed by atoms with Gasteiger partial charge < -0.3 is 0 Å². The zero-order valence-electron chi connectivity index (χ0n) is 18.1. The minimum atomic E-state index is -0.775. The molecule has 1 saturated heterocycles. The number of nitro benzene ring substituents is 2. The summed E-state index contributed by atoms with van der Waals surface area (Å²) in [6, 6.07) is 10.4. The van der Waals surface area contributed by atoms with E-state index in [1.807, 2.05) is 19.1 Å². The number of benzene rings is 2. The van der Waals surface area contributed by atoms with Crippen LogP contribution in [0.2, 0.25) is 0 Å². The minimum absolute atomic E-state index is 0.0715. The lowest BCUT2D eigenvalue weighted by molar-refractivity contribution is -0.385. The van der Waals surface area contributed by atoms with E-state index in [0.717, 1.165) is 16.1 Å². The van der Waals surface area contributed by atoms with Crippen molar-refractivity contribution in [3.8, 4) is 0 Å². The predicted octanol–water partition coefficient (Wildman–Crippen LogP) is 3.26. The van der Waals surface area contributed by atoms with Gasteiger partial charge in [0.1, 0.15) is 0 Å². The van der Waals surface area contributed by atoms with Crippen LogP contribution >= 0.6 is 0 Å². The lowest BCUT2D eigenvalue weighted by Crippen LogP contribution is -2.50. The van der Waals surface area contributed by atoms with E-state index in [4.69, 9.17) is 0 Å². The zero-order valence-corrected chi connectivity index (χ0v) is 18.1. The van der Waals surface area contributed by atoms with Crippen LogP contribution in [-0.2, 0) is 16.1 Å². The molecule has 1 fully saturated rings. The number of hydrogen-bond acceptors (Lipinski definition) is 7. The van der Waals surface area contributed by atoms with Crippen LogP contribution in [-0.4, -0.2) is 37.6 Å². The average Bonchev–Trinajstić information content (AvgIpc) is 3.08. The molecular weight excluding hydrogens is 444 g/mol. The minimum Gasteiger partial charge on any atom is -0.272 e. The fourth-order valence-corrected chi connectivity index (χ4v) is 4.40. The standard InChI is InChI=1S/C23H20N4O7/c1-14-4-2-7-19-20(14)23(30)25(22(19)29)24(13-15-8-10-17(11-9-15)26(31)32)21(28)16-5-3-6-18(12-16)27(33)34/h2-6,8-12,14,19-20H,7,13H2,1H3/t14-,19-,20+/m1/s1. The van der Waals surface area contributed by atoms with Gasteiger partial charge in [-0.05, 0) is 24.0 Å². The van der Waals surface area contributed by atoms with Gasteiger partial charge in [-0.15, -0.1) is 0 Å². The Morgan fingerprint density at radius 2 is 1.71 bits per heavy atom. The number of rotatable bonds is 6. The highest BCUT2D eigenvalue weighted by Gasteiger charge is 2.53. The van der Waals surface area contributed by atoms with Gasteiger partial charge in [-0.1, -0.05) is 37.3 Å². The highest BCUT2D eigenvalue weighted by molar-refractivity contribution is 6.08. The van der Waals surface area contributed by atoms with Gasteiger partial charge >= 0.3 is 0 Å². The van der Waals surface area contributed by atoms with Crippen molar-refractivity contribution in [3.63, 3.8) is 0 Å². The third-order valence-electron chi connectivity index (χ3n) is 6.11. The van der Waals surface area contributed by atoms with Crippen LogP contribution in [0.1, 0.15) is 29.3 Å². The number of nitro groups is 2. The SMILES string of the molecule is C[C@@H]1C=CC[C@H]2C(=O)N(N(Cc3ccc([N+](=O)[O-])cc3)C(=O)c3cccc([N+](=O)[O-])c3)C(=O)[C@@H]12. The summed E-state index contributed by atoms with van der Waals surface area (Å²) in [6.07, 6.45) is 4.06. The third-order valence-corrected chi connectivity index (χ3v) is 6.11. The smallest absolute Gasteiger partial charge is 0.272 e. The fraction of sp³-hybridized carbons (Fsp3) is 0.261. The van der Waals surface area contributed by atoms with Crippen LogP contribution in [0, 0.1) is 38.0 Å². The van der Waals surface area contributed by atoms with E-state index >= 15 is 0 Å². The second-order valence-electron chi connectivity index (χ2n) is 8.24. The van der Waals surface area contributed by atoms with Crippen molar-refractivity contribution in [3.05, 3.63) is 92.0 Å². The molecule has 0 unspecified atom stereocenters. The molecule has 2 aromatic carbocycles. The summed E-state index contributed by atoms with van der Waals surface area (Å²) >= 11 is 0. The van der Waals surface area contributed by atoms with Crippen LogP contribution in [0.15, 0.2) is 60.7 Å². The summed E-state index contributed by atoms with van der Waals surface area (Å²) in [7, 11) is 0. The van der Waals surface area contributed by atoms with Gasteiger partial charge in [0, 0.05) is 29.8 Å². The number of hydrogen-bond donors (Lipinski definition) is 0. The summed E-state index contributed by atoms with van der Waals surface area (Å²) in [5, 5.41) is 24.0. The van der Waals surface area contributed by atoms with Gasteiger partial charge in [-0.3, -0.25) is 34.6 Å². The molecule has 2 aliphatic rings. The molecule has 0 bridgehead atoms. The van der Waals surface area contributed by atoms with Crippen molar-refractivity contribution < 1.29 is 24.2 Å². The lowest BCUT2D eigenvalue weighted by atomic mass is 9.78. The molecule has 11 nitrogen and oxygen atoms in total. The highest BCUT2D eigenvalue weighted by atomic mass is 16.6. The molecule has 0 radical (unpaired) electrons. The lowest BCUT2D eigenvalue weighted by Gasteiger charge is -2.30. The molecule has 11 heteroatoms. The van der Waals surface area contributed by atoms with E-state index in [1.165, 1.54) is 42.5 Å². The molecule has 4 rings (SSSR count). The fourth-order valence-electron chi connectivity index (χ4n) is 4.40. The van der Waals surface area contributed by atoms with Gasteiger partial charge in [0.2, 0.25) is 0 Å². The van der Waals surface area contributed by atoms with Crippen LogP contribution in [0.25, 0.3) is 0 Å². The van der Waals surface area contributed by atoms with Crippen molar-refractivity contribution in [2.45, 2.75) is 19.9 Å². The normalized spacial score (nSPS) is 21.3. The number of non-ortho nitro benzene ring substituents is 2. The van der Waals surface area contributed by atoms with Crippen LogP contribution in [0.5, 0.6) is 0 Å². The van der Waals surface area contributed by atoms with Crippen molar-refractivity contribution in [2.75, 3.05) is 0 Å². The van der Waals surface area contributed by atoms with Gasteiger partial charge in [-0.25, -0.2) is 5.01 Å². The first-order valence-electron chi connectivity index (χ1n) is 10.5. The van der Waals surface area contributed by atoms with Gasteiger partial charge in [-0.2, -0.15) is 5.01 Å². The number of allylic oxidation sites excluding steroid dienone is 2. The molecular formula is C23H20N4O7. The largest absolute Gasteiger partial charge is 0.273 e. The Balaban J connectivity index is 1.73. The van der Waals surface area contributed by atoms with Crippen molar-refractivity contribution in [1.29, 1.82) is 0 Å². The molecule has 0 aromatic heterocycles. The van der Waals surface area contributed by atoms with E-state index in [-0.39, 0.29) is 29.4 Å². The number of fused-ring (bicyclic) bond motifs is 1. The summed E-state index contributed by atoms with van der Waals surface area (Å²) < 4.78 is 0. The Labute approximate surface area is 193 Å². The molecule has 174 valence electrons. The molecule has 0 saturated carbocycles. The number of hydrazine groups is 1. The van der Waals surface area contributed by atoms with Crippen molar-refractivity contribution >= 4 is 29.1 Å². The molecule has 34 heavy (non-hydrogen) atoms. The number of imide groups is 1. The van der Waals surface area contributed by atoms with Crippen LogP contribution in [0.3, 0.4) is 0 Å². The number of nitrogens with zero attached hydrogens (tertiary/aromatic N) is 4. The van der Waals surface area contributed by atoms with Crippen molar-refractivity contribution in [1.82, 2.24) is 10.0 Å². The third kappa shape index (κ3) is 4.03. The molecule has 1 heterocycles. The van der Waals surface area contributed by atoms with E-state index in [0.29, 0.717) is 12.0 Å². The molecule has 3 atom stereocenters. The molecule has 0 spiro atoms. The number of amides is 3. The van der Waals surface area contributed by atoms with Gasteiger partial charge in [0.25, 0.3) is 29.1 Å². The predicted molar refractivity (Wildman–Crippen MR) is 118 cm³/mol. The van der Waals surface area contributed by atoms with Gasteiger partial charge in [0.15, 0.2) is 0 Å². The van der Waals surface area contributed by atoms with E-state index in [1.54, 1.807) is 0 Å². The molecule has 1 aliphatic carbocycles. The molecule has 0 N–H and O–H groups in total. The first-order chi connectivity index (χ1) is 16.2. The average molecular weight is 464 g/mol. The second kappa shape index (κ2) is 8.85. The Morgan fingerprint density at radius 1 is 1.03 bits per heavy atom. The van der Waals surface area contributed by atoms with Crippen molar-refractivity contribution in [2.24, 2.45) is 17.8 Å². The quantitative estimate of drug-likeness (QED) is 0.276. The summed E-state index contributed by atoms with van der Waals surface area (Å²) in [5.74, 6) is -3.24. The Bertz CT molecular complexity index is 1220. The topological polar surface area (TPSA) is 144 Å². The van der Waals surface area contributed by atoms with Crippen LogP contribution in [0.4, 0.5) is 11.4 Å². The van der Waals surface area contributed by atoms with E-state index in [9.17, 15) is 34.6 Å². The first kappa shape index (κ1) is 22.8. The zero-order chi connectivity index (χ0) is 24.6. The highest BCUT2D eigenvalue weighted by Crippen LogP contribution is 2.39. The number of carbonyl (C=O) groups excluding carboxylic acids is 3. The summed E-state index contributed by atoms with van der Waals surface area (Å²) in [5.41, 5.74) is -0.102. The van der Waals surface area contributed by atoms with Crippen LogP contribution < -0.4 is 0 Å². The summed E-state index contributed by atoms with van der Waals surface area (Å²) in [6.45, 7) is 1.59. The maximum absolute atomic E-state index is 13.5. The van der Waals surface area contributed by atoms with E-state index in [2.05, 4.69) is 0 Å². The van der Waals surface area contributed by atoms with E-state index < -0.39 is 39.4 Å². The maximum Gasteiger partial charge on any atom is 0.273 e. The monoisotopic (exact) mass is 464 g/mol. The molecule has 3 amide bonds. The van der Waals surface area contributed by atoms with Gasteiger partial charge in [0.05, 0.1) is 28.2 Å². The molecule has 1 aliphatic heterocycles. The Morgan fingerprint density at radius 3 is 2.32 bits per heavy atom. The summed E-state index contributed by atoms with van der Waals surface area (Å²) in [4.78, 5) is 61.0. The Hall–Kier alpha value is -4.41. The Kier molecular flexibility index (Phi) is 5.93. The number of carbonyl (C=O) groups is 3. The first-order valence-corrected chi connectivity index (χ1v) is 10.5. The molecule has 2 aromatic rings. The maximum atomic E-state index is 13.5.